The van der Waals surface area contributed by atoms with E-state index in [0.29, 0.717) is 11.8 Å². The maximum absolute atomic E-state index is 12.8. The number of rotatable bonds is 8. The first-order valence-electron chi connectivity index (χ1n) is 11.5. The molecule has 3 fully saturated rings. The van der Waals surface area contributed by atoms with Crippen molar-refractivity contribution in [2.75, 3.05) is 38.6 Å². The van der Waals surface area contributed by atoms with Crippen molar-refractivity contribution in [1.29, 1.82) is 0 Å². The Hall–Kier alpha value is -1.42. The van der Waals surface area contributed by atoms with E-state index in [1.807, 2.05) is 6.07 Å². The molecule has 2 saturated carbocycles. The Morgan fingerprint density at radius 3 is 2.74 bits per heavy atom. The highest BCUT2D eigenvalue weighted by Gasteiger charge is 2.39. The number of ether oxygens (including phenoxy) is 1. The van der Waals surface area contributed by atoms with Crippen LogP contribution in [0.25, 0.3) is 10.7 Å². The molecule has 31 heavy (non-hydrogen) atoms. The summed E-state index contributed by atoms with van der Waals surface area (Å²) in [7, 11) is 0. The van der Waals surface area contributed by atoms with Crippen molar-refractivity contribution in [2.45, 2.75) is 61.7 Å². The van der Waals surface area contributed by atoms with Gasteiger partial charge in [0.1, 0.15) is 0 Å². The molecule has 7 nitrogen and oxygen atoms in total. The zero-order valence-electron chi connectivity index (χ0n) is 17.9. The Kier molecular flexibility index (Phi) is 6.64. The van der Waals surface area contributed by atoms with Gasteiger partial charge >= 0.3 is 0 Å². The van der Waals surface area contributed by atoms with Crippen LogP contribution in [-0.2, 0) is 9.53 Å². The van der Waals surface area contributed by atoms with Crippen LogP contribution in [0.15, 0.2) is 22.7 Å². The maximum atomic E-state index is 12.8. The van der Waals surface area contributed by atoms with Gasteiger partial charge in [-0.3, -0.25) is 14.3 Å². The van der Waals surface area contributed by atoms with Gasteiger partial charge in [0.15, 0.2) is 11.0 Å². The van der Waals surface area contributed by atoms with Crippen molar-refractivity contribution in [2.24, 2.45) is 0 Å². The molecule has 0 radical (unpaired) electrons. The third-order valence-corrected chi connectivity index (χ3v) is 8.54. The number of carbonyl (C=O) groups is 1. The highest BCUT2D eigenvalue weighted by atomic mass is 32.2. The Bertz CT molecular complexity index is 869. The molecule has 2 aliphatic carbocycles. The number of hydrogen-bond donors (Lipinski definition) is 1. The summed E-state index contributed by atoms with van der Waals surface area (Å²) in [5.41, 5.74) is 0.0999. The molecule has 168 valence electrons. The lowest BCUT2D eigenvalue weighted by Gasteiger charge is -2.48. The van der Waals surface area contributed by atoms with Crippen LogP contribution in [-0.4, -0.2) is 69.7 Å². The smallest absolute Gasteiger partial charge is 0.230 e. The zero-order valence-corrected chi connectivity index (χ0v) is 19.6. The minimum Gasteiger partial charge on any atom is -0.379 e. The molecule has 0 bridgehead atoms. The molecule has 2 aromatic rings. The predicted octanol–water partition coefficient (Wildman–Crippen LogP) is 3.58. The number of nitrogens with one attached hydrogen (secondary N) is 1. The Labute approximate surface area is 191 Å². The quantitative estimate of drug-likeness (QED) is 0.606. The van der Waals surface area contributed by atoms with Crippen LogP contribution in [0.4, 0.5) is 0 Å². The Balaban J connectivity index is 1.20. The van der Waals surface area contributed by atoms with Crippen molar-refractivity contribution in [1.82, 2.24) is 25.0 Å². The van der Waals surface area contributed by atoms with Crippen LogP contribution in [0.3, 0.4) is 0 Å². The van der Waals surface area contributed by atoms with Gasteiger partial charge in [-0.15, -0.1) is 21.5 Å². The molecule has 1 aliphatic heterocycles. The number of nitrogens with zero attached hydrogens (tertiary/aromatic N) is 4. The summed E-state index contributed by atoms with van der Waals surface area (Å²) >= 11 is 3.20. The highest BCUT2D eigenvalue weighted by Crippen LogP contribution is 2.41. The largest absolute Gasteiger partial charge is 0.379 e. The standard InChI is InChI=1S/C22H31N5O2S2/c28-19(23-16-22(8-2-1-3-9-22)26-10-12-29-13-11-26)15-31-21-25-24-20(18-5-4-14-30-18)27(21)17-6-7-17/h4-5,14,17H,1-3,6-13,15-16H2,(H,23,28). The first-order chi connectivity index (χ1) is 15.3. The molecular formula is C22H31N5O2S2. The molecule has 0 spiro atoms. The second-order valence-electron chi connectivity index (χ2n) is 8.83. The normalized spacial score (nSPS) is 21.8. The summed E-state index contributed by atoms with van der Waals surface area (Å²) in [5, 5.41) is 15.1. The number of thioether (sulfide) groups is 1. The topological polar surface area (TPSA) is 72.3 Å². The van der Waals surface area contributed by atoms with E-state index in [4.69, 9.17) is 4.74 Å². The van der Waals surface area contributed by atoms with Crippen LogP contribution in [0.5, 0.6) is 0 Å². The van der Waals surface area contributed by atoms with Crippen molar-refractivity contribution >= 4 is 29.0 Å². The minimum absolute atomic E-state index is 0.0891. The SMILES string of the molecule is O=C(CSc1nnc(-c2cccs2)n1C1CC1)NCC1(N2CCOCC2)CCCCC1. The highest BCUT2D eigenvalue weighted by molar-refractivity contribution is 7.99. The summed E-state index contributed by atoms with van der Waals surface area (Å²) in [6.07, 6.45) is 8.47. The van der Waals surface area contributed by atoms with E-state index >= 15 is 0 Å². The van der Waals surface area contributed by atoms with E-state index in [1.165, 1.54) is 43.9 Å². The van der Waals surface area contributed by atoms with Crippen LogP contribution >= 0.6 is 23.1 Å². The van der Waals surface area contributed by atoms with Gasteiger partial charge < -0.3 is 10.1 Å². The molecule has 0 aromatic carbocycles. The molecule has 2 aromatic heterocycles. The summed E-state index contributed by atoms with van der Waals surface area (Å²) in [6.45, 7) is 4.28. The maximum Gasteiger partial charge on any atom is 0.230 e. The van der Waals surface area contributed by atoms with Gasteiger partial charge in [-0.1, -0.05) is 37.1 Å². The first-order valence-corrected chi connectivity index (χ1v) is 13.3. The van der Waals surface area contributed by atoms with Crippen molar-refractivity contribution in [3.8, 4) is 10.7 Å². The molecule has 0 unspecified atom stereocenters. The Morgan fingerprint density at radius 1 is 1.23 bits per heavy atom. The van der Waals surface area contributed by atoms with E-state index in [1.54, 1.807) is 11.3 Å². The second kappa shape index (κ2) is 9.60. The van der Waals surface area contributed by atoms with Gasteiger partial charge in [-0.25, -0.2) is 0 Å². The van der Waals surface area contributed by atoms with Crippen LogP contribution < -0.4 is 5.32 Å². The average Bonchev–Trinajstić information content (AvgIpc) is 3.33. The van der Waals surface area contributed by atoms with Gasteiger partial charge in [0.2, 0.25) is 5.91 Å². The van der Waals surface area contributed by atoms with Crippen LogP contribution in [0.2, 0.25) is 0 Å². The molecule has 1 amide bonds. The van der Waals surface area contributed by atoms with Crippen molar-refractivity contribution in [3.05, 3.63) is 17.5 Å². The summed E-state index contributed by atoms with van der Waals surface area (Å²) in [4.78, 5) is 16.5. The second-order valence-corrected chi connectivity index (χ2v) is 10.7. The fourth-order valence-corrected chi connectivity index (χ4v) is 6.45. The third kappa shape index (κ3) is 4.84. The van der Waals surface area contributed by atoms with Gasteiger partial charge in [-0.05, 0) is 37.1 Å². The minimum atomic E-state index is 0.0891. The van der Waals surface area contributed by atoms with E-state index in [2.05, 4.69) is 36.4 Å². The molecular weight excluding hydrogens is 430 g/mol. The predicted molar refractivity (Wildman–Crippen MR) is 124 cm³/mol. The van der Waals surface area contributed by atoms with Gasteiger partial charge in [0, 0.05) is 31.2 Å². The molecule has 1 saturated heterocycles. The van der Waals surface area contributed by atoms with Gasteiger partial charge in [-0.2, -0.15) is 0 Å². The molecule has 3 heterocycles. The van der Waals surface area contributed by atoms with E-state index in [9.17, 15) is 4.79 Å². The Morgan fingerprint density at radius 2 is 2.03 bits per heavy atom. The molecule has 5 rings (SSSR count). The molecule has 1 N–H and O–H groups in total. The number of hydrogen-bond acceptors (Lipinski definition) is 7. The lowest BCUT2D eigenvalue weighted by molar-refractivity contribution is -0.119. The molecule has 0 atom stereocenters. The van der Waals surface area contributed by atoms with Crippen molar-refractivity contribution < 1.29 is 9.53 Å². The van der Waals surface area contributed by atoms with E-state index < -0.39 is 0 Å². The lowest BCUT2D eigenvalue weighted by atomic mass is 9.79. The number of thiophene rings is 1. The molecule has 9 heteroatoms. The monoisotopic (exact) mass is 461 g/mol. The fourth-order valence-electron chi connectivity index (χ4n) is 4.91. The number of amides is 1. The first kappa shape index (κ1) is 21.4. The lowest BCUT2D eigenvalue weighted by Crippen LogP contribution is -2.59. The number of aromatic nitrogens is 3. The van der Waals surface area contributed by atoms with Crippen molar-refractivity contribution in [3.63, 3.8) is 0 Å². The van der Waals surface area contributed by atoms with Gasteiger partial charge in [0.05, 0.1) is 23.8 Å². The van der Waals surface area contributed by atoms with E-state index in [0.717, 1.165) is 61.5 Å². The number of morpholine rings is 1. The van der Waals surface area contributed by atoms with Crippen LogP contribution in [0.1, 0.15) is 51.0 Å². The zero-order chi connectivity index (χ0) is 21.1. The fraction of sp³-hybridized carbons (Fsp3) is 0.682. The van der Waals surface area contributed by atoms with Crippen LogP contribution in [0, 0.1) is 0 Å². The average molecular weight is 462 g/mol. The molecule has 3 aliphatic rings. The summed E-state index contributed by atoms with van der Waals surface area (Å²) < 4.78 is 7.80. The number of carbonyl (C=O) groups excluding carboxylic acids is 1. The summed E-state index contributed by atoms with van der Waals surface area (Å²) in [5.74, 6) is 1.41. The van der Waals surface area contributed by atoms with Gasteiger partial charge in [0.25, 0.3) is 0 Å². The third-order valence-electron chi connectivity index (χ3n) is 6.73. The summed E-state index contributed by atoms with van der Waals surface area (Å²) in [6, 6.07) is 4.61. The van der Waals surface area contributed by atoms with E-state index in [-0.39, 0.29) is 11.4 Å².